The van der Waals surface area contributed by atoms with Crippen molar-refractivity contribution in [3.05, 3.63) is 46.4 Å². The third-order valence-electron chi connectivity index (χ3n) is 5.45. The van der Waals surface area contributed by atoms with E-state index in [9.17, 15) is 14.4 Å². The monoisotopic (exact) mass is 397 g/mol. The van der Waals surface area contributed by atoms with Crippen molar-refractivity contribution in [3.63, 3.8) is 0 Å². The molecule has 6 heteroatoms. The van der Waals surface area contributed by atoms with E-state index < -0.39 is 5.82 Å². The molecular formula is C23H28FN3O2. The third kappa shape index (κ3) is 4.86. The molecule has 0 N–H and O–H groups in total. The number of ketones is 1. The molecule has 0 aromatic heterocycles. The van der Waals surface area contributed by atoms with E-state index >= 15 is 0 Å². The summed E-state index contributed by atoms with van der Waals surface area (Å²) in [5, 5.41) is 9.27. The Hall–Kier alpha value is -2.65. The first-order valence-electron chi connectivity index (χ1n) is 10.0. The quantitative estimate of drug-likeness (QED) is 0.543. The van der Waals surface area contributed by atoms with Gasteiger partial charge in [-0.15, -0.1) is 0 Å². The van der Waals surface area contributed by atoms with Crippen LogP contribution >= 0.6 is 0 Å². The second-order valence-electron chi connectivity index (χ2n) is 8.22. The molecule has 0 spiro atoms. The number of carbonyl (C=O) groups excluding carboxylic acids is 1. The number of allylic oxidation sites excluding steroid dienone is 2. The zero-order valence-electron chi connectivity index (χ0n) is 17.5. The molecule has 0 unspecified atom stereocenters. The fourth-order valence-electron chi connectivity index (χ4n) is 3.84. The molecule has 0 amide bonds. The third-order valence-corrected chi connectivity index (χ3v) is 5.45. The Bertz CT molecular complexity index is 888. The molecule has 1 aromatic carbocycles. The van der Waals surface area contributed by atoms with Crippen LogP contribution in [-0.2, 0) is 11.2 Å². The van der Waals surface area contributed by atoms with Gasteiger partial charge in [0.25, 0.3) is 0 Å². The van der Waals surface area contributed by atoms with E-state index in [0.717, 1.165) is 37.1 Å². The van der Waals surface area contributed by atoms with E-state index in [4.69, 9.17) is 4.74 Å². The fourth-order valence-corrected chi connectivity index (χ4v) is 3.84. The average molecular weight is 397 g/mol. The zero-order valence-corrected chi connectivity index (χ0v) is 17.5. The number of carbonyl (C=O) groups is 1. The molecule has 1 aliphatic carbocycles. The summed E-state index contributed by atoms with van der Waals surface area (Å²) in [6.45, 7) is 6.25. The molecule has 3 rings (SSSR count). The van der Waals surface area contributed by atoms with Crippen LogP contribution in [0, 0.1) is 17.1 Å². The van der Waals surface area contributed by atoms with Gasteiger partial charge in [-0.25, -0.2) is 4.39 Å². The lowest BCUT2D eigenvalue weighted by molar-refractivity contribution is -0.111. The Kier molecular flexibility index (Phi) is 6.39. The molecule has 5 nitrogen and oxygen atoms in total. The lowest BCUT2D eigenvalue weighted by atomic mass is 10.0. The van der Waals surface area contributed by atoms with E-state index in [0.29, 0.717) is 18.0 Å². The lowest BCUT2D eigenvalue weighted by Crippen LogP contribution is -2.41. The number of Topliss-reactive ketones (excluding diaryl/α,β-unsaturated/α-hetero) is 1. The van der Waals surface area contributed by atoms with E-state index in [-0.39, 0.29) is 23.2 Å². The minimum absolute atomic E-state index is 0.00255. The van der Waals surface area contributed by atoms with Gasteiger partial charge in [0.1, 0.15) is 17.7 Å². The normalized spacial score (nSPS) is 17.7. The van der Waals surface area contributed by atoms with Crippen molar-refractivity contribution in [2.75, 3.05) is 27.2 Å². The highest BCUT2D eigenvalue weighted by Crippen LogP contribution is 2.33. The number of hydrogen-bond donors (Lipinski definition) is 0. The Morgan fingerprint density at radius 1 is 1.34 bits per heavy atom. The van der Waals surface area contributed by atoms with Crippen LogP contribution in [0.2, 0.25) is 0 Å². The molecule has 1 aliphatic heterocycles. The van der Waals surface area contributed by atoms with Gasteiger partial charge in [-0.05, 0) is 56.0 Å². The average Bonchev–Trinajstić information content (AvgIpc) is 3.08. The van der Waals surface area contributed by atoms with Gasteiger partial charge in [0.05, 0.1) is 0 Å². The summed E-state index contributed by atoms with van der Waals surface area (Å²) in [4.78, 5) is 16.7. The number of halogens is 1. The highest BCUT2D eigenvalue weighted by Gasteiger charge is 2.26. The van der Waals surface area contributed by atoms with Gasteiger partial charge in [0.2, 0.25) is 5.78 Å². The number of nitrogens with zero attached hydrogens (tertiary/aromatic N) is 3. The van der Waals surface area contributed by atoms with Gasteiger partial charge >= 0.3 is 0 Å². The predicted octanol–water partition coefficient (Wildman–Crippen LogP) is 3.55. The number of fused-ring (bicyclic) bond motifs is 1. The molecule has 1 fully saturated rings. The van der Waals surface area contributed by atoms with Crippen molar-refractivity contribution in [1.82, 2.24) is 9.80 Å². The van der Waals surface area contributed by atoms with Crippen LogP contribution in [0.25, 0.3) is 6.08 Å². The molecule has 1 aromatic rings. The second kappa shape index (κ2) is 8.79. The van der Waals surface area contributed by atoms with Gasteiger partial charge in [-0.2, -0.15) is 5.26 Å². The van der Waals surface area contributed by atoms with Gasteiger partial charge in [0, 0.05) is 51.4 Å². The van der Waals surface area contributed by atoms with Crippen molar-refractivity contribution in [1.29, 1.82) is 5.26 Å². The van der Waals surface area contributed by atoms with Gasteiger partial charge in [-0.3, -0.25) is 4.79 Å². The highest BCUT2D eigenvalue weighted by atomic mass is 19.1. The van der Waals surface area contributed by atoms with Crippen molar-refractivity contribution >= 4 is 11.9 Å². The van der Waals surface area contributed by atoms with Gasteiger partial charge in [0.15, 0.2) is 11.6 Å². The Morgan fingerprint density at radius 2 is 2.03 bits per heavy atom. The van der Waals surface area contributed by atoms with Crippen LogP contribution in [0.5, 0.6) is 5.75 Å². The Balaban J connectivity index is 1.73. The Labute approximate surface area is 172 Å². The standard InChI is InChI=1S/C23H28FN3O2/c1-15(2)27-7-5-20(6-8-27)29-22-12-17-10-18(9-16(17)11-21(22)24)23(28)19(13-25)14-26(3)4/h10-12,14-15,20H,5-9H2,1-4H3. The molecule has 2 aliphatic rings. The lowest BCUT2D eigenvalue weighted by Gasteiger charge is -2.34. The molecule has 154 valence electrons. The summed E-state index contributed by atoms with van der Waals surface area (Å²) in [5.41, 5.74) is 2.10. The molecule has 29 heavy (non-hydrogen) atoms. The minimum Gasteiger partial charge on any atom is -0.487 e. The van der Waals surface area contributed by atoms with Crippen LogP contribution in [-0.4, -0.2) is 54.9 Å². The molecule has 1 heterocycles. The molecule has 1 saturated heterocycles. The largest absolute Gasteiger partial charge is 0.487 e. The number of rotatable bonds is 6. The minimum atomic E-state index is -0.401. The van der Waals surface area contributed by atoms with Gasteiger partial charge < -0.3 is 14.5 Å². The van der Waals surface area contributed by atoms with E-state index in [1.165, 1.54) is 12.3 Å². The number of likely N-dealkylation sites (tertiary alicyclic amines) is 1. The predicted molar refractivity (Wildman–Crippen MR) is 111 cm³/mol. The molecule has 0 radical (unpaired) electrons. The smallest absolute Gasteiger partial charge is 0.201 e. The van der Waals surface area contributed by atoms with Crippen molar-refractivity contribution in [3.8, 4) is 11.8 Å². The number of piperidine rings is 1. The SMILES string of the molecule is CC(C)N1CCC(Oc2cc3c(cc2F)CC(C(=O)C(C#N)=CN(C)C)=C3)CC1. The van der Waals surface area contributed by atoms with Crippen LogP contribution in [0.3, 0.4) is 0 Å². The maximum atomic E-state index is 14.6. The van der Waals surface area contributed by atoms with Crippen molar-refractivity contribution < 1.29 is 13.9 Å². The van der Waals surface area contributed by atoms with E-state index in [1.54, 1.807) is 31.1 Å². The van der Waals surface area contributed by atoms with Crippen molar-refractivity contribution in [2.24, 2.45) is 0 Å². The summed E-state index contributed by atoms with van der Waals surface area (Å²) < 4.78 is 20.6. The molecule has 0 saturated carbocycles. The maximum absolute atomic E-state index is 14.6. The first-order chi connectivity index (χ1) is 13.8. The van der Waals surface area contributed by atoms with Crippen molar-refractivity contribution in [2.45, 2.75) is 45.3 Å². The summed E-state index contributed by atoms with van der Waals surface area (Å²) in [7, 11) is 3.51. The number of hydrogen-bond acceptors (Lipinski definition) is 5. The van der Waals surface area contributed by atoms with Crippen LogP contribution in [0.4, 0.5) is 4.39 Å². The topological polar surface area (TPSA) is 56.6 Å². The zero-order chi connectivity index (χ0) is 21.1. The molecule has 0 bridgehead atoms. The summed E-state index contributed by atoms with van der Waals surface area (Å²) in [6, 6.07) is 5.59. The fraction of sp³-hybridized carbons (Fsp3) is 0.478. The van der Waals surface area contributed by atoms with E-state index in [2.05, 4.69) is 18.7 Å². The summed E-state index contributed by atoms with van der Waals surface area (Å²) >= 11 is 0. The number of benzene rings is 1. The second-order valence-corrected chi connectivity index (χ2v) is 8.22. The Morgan fingerprint density at radius 3 is 2.62 bits per heavy atom. The summed E-state index contributed by atoms with van der Waals surface area (Å²) in [5.74, 6) is -0.483. The number of nitriles is 1. The number of ether oxygens (including phenoxy) is 1. The highest BCUT2D eigenvalue weighted by molar-refractivity contribution is 6.14. The van der Waals surface area contributed by atoms with Crippen LogP contribution in [0.15, 0.2) is 29.5 Å². The van der Waals surface area contributed by atoms with Crippen LogP contribution in [0.1, 0.15) is 37.8 Å². The molecular weight excluding hydrogens is 369 g/mol. The molecule has 0 atom stereocenters. The first kappa shape index (κ1) is 21.1. The van der Waals surface area contributed by atoms with Gasteiger partial charge in [-0.1, -0.05) is 0 Å². The van der Waals surface area contributed by atoms with E-state index in [1.807, 2.05) is 6.07 Å². The summed E-state index contributed by atoms with van der Waals surface area (Å²) in [6.07, 6.45) is 5.31. The first-order valence-corrected chi connectivity index (χ1v) is 10.0. The maximum Gasteiger partial charge on any atom is 0.201 e. The van der Waals surface area contributed by atoms with Crippen LogP contribution < -0.4 is 4.74 Å².